The molecule has 9 heavy (non-hydrogen) atoms. The van der Waals surface area contributed by atoms with E-state index in [4.69, 9.17) is 4.42 Å². The van der Waals surface area contributed by atoms with Crippen LogP contribution in [0.2, 0.25) is 0 Å². The highest BCUT2D eigenvalue weighted by Gasteiger charge is 1.98. The van der Waals surface area contributed by atoms with Gasteiger partial charge in [-0.3, -0.25) is 0 Å². The van der Waals surface area contributed by atoms with Crippen LogP contribution >= 0.6 is 0 Å². The lowest BCUT2D eigenvalue weighted by Crippen LogP contribution is -1.81. The Morgan fingerprint density at radius 2 is 1.56 bits per heavy atom. The van der Waals surface area contributed by atoms with Crippen molar-refractivity contribution in [2.45, 2.75) is 26.7 Å². The Morgan fingerprint density at radius 3 is 1.89 bits per heavy atom. The van der Waals surface area contributed by atoms with E-state index in [1.807, 2.05) is 12.5 Å². The van der Waals surface area contributed by atoms with Gasteiger partial charge in [-0.25, -0.2) is 0 Å². The standard InChI is InChI=1S/C8H12O/c1-3-7-5-9-6-8(7)4-2/h5-6H,3-4H2,1-2H3. The quantitative estimate of drug-likeness (QED) is 0.590. The Morgan fingerprint density at radius 1 is 1.11 bits per heavy atom. The maximum atomic E-state index is 5.03. The first-order valence-corrected chi connectivity index (χ1v) is 3.42. The molecule has 0 fully saturated rings. The zero-order valence-corrected chi connectivity index (χ0v) is 5.98. The van der Waals surface area contributed by atoms with Gasteiger partial charge in [-0.15, -0.1) is 0 Å². The average molecular weight is 124 g/mol. The highest BCUT2D eigenvalue weighted by atomic mass is 16.3. The topological polar surface area (TPSA) is 13.1 Å². The van der Waals surface area contributed by atoms with Crippen molar-refractivity contribution in [1.29, 1.82) is 0 Å². The van der Waals surface area contributed by atoms with E-state index in [9.17, 15) is 0 Å². The minimum Gasteiger partial charge on any atom is -0.472 e. The van der Waals surface area contributed by atoms with Crippen LogP contribution in [0.1, 0.15) is 25.0 Å². The molecule has 0 saturated heterocycles. The van der Waals surface area contributed by atoms with E-state index in [1.54, 1.807) is 0 Å². The number of hydrogen-bond acceptors (Lipinski definition) is 1. The third-order valence-corrected chi connectivity index (χ3v) is 1.59. The van der Waals surface area contributed by atoms with Gasteiger partial charge in [-0.1, -0.05) is 13.8 Å². The summed E-state index contributed by atoms with van der Waals surface area (Å²) in [5.41, 5.74) is 2.69. The van der Waals surface area contributed by atoms with Gasteiger partial charge in [-0.05, 0) is 24.0 Å². The summed E-state index contributed by atoms with van der Waals surface area (Å²) in [4.78, 5) is 0. The first-order chi connectivity index (χ1) is 4.38. The second kappa shape index (κ2) is 2.72. The Labute approximate surface area is 55.7 Å². The van der Waals surface area contributed by atoms with Crippen LogP contribution in [-0.2, 0) is 12.8 Å². The molecule has 1 rings (SSSR count). The van der Waals surface area contributed by atoms with Gasteiger partial charge in [0.25, 0.3) is 0 Å². The summed E-state index contributed by atoms with van der Waals surface area (Å²) in [6, 6.07) is 0. The molecule has 0 amide bonds. The van der Waals surface area contributed by atoms with Crippen LogP contribution < -0.4 is 0 Å². The fourth-order valence-corrected chi connectivity index (χ4v) is 0.970. The second-order valence-corrected chi connectivity index (χ2v) is 2.13. The van der Waals surface area contributed by atoms with Crippen molar-refractivity contribution in [2.24, 2.45) is 0 Å². The maximum Gasteiger partial charge on any atom is 0.0937 e. The van der Waals surface area contributed by atoms with E-state index >= 15 is 0 Å². The van der Waals surface area contributed by atoms with E-state index in [0.717, 1.165) is 12.8 Å². The maximum absolute atomic E-state index is 5.03. The van der Waals surface area contributed by atoms with E-state index in [1.165, 1.54) is 11.1 Å². The fourth-order valence-electron chi connectivity index (χ4n) is 0.970. The molecular weight excluding hydrogens is 112 g/mol. The first-order valence-electron chi connectivity index (χ1n) is 3.42. The molecule has 50 valence electrons. The van der Waals surface area contributed by atoms with Crippen molar-refractivity contribution in [1.82, 2.24) is 0 Å². The van der Waals surface area contributed by atoms with Crippen molar-refractivity contribution in [3.8, 4) is 0 Å². The van der Waals surface area contributed by atoms with Crippen LogP contribution in [-0.4, -0.2) is 0 Å². The molecule has 0 N–H and O–H groups in total. The van der Waals surface area contributed by atoms with Crippen molar-refractivity contribution >= 4 is 0 Å². The third kappa shape index (κ3) is 1.15. The van der Waals surface area contributed by atoms with Crippen molar-refractivity contribution in [2.75, 3.05) is 0 Å². The smallest absolute Gasteiger partial charge is 0.0937 e. The van der Waals surface area contributed by atoms with Gasteiger partial charge >= 0.3 is 0 Å². The highest BCUT2D eigenvalue weighted by Crippen LogP contribution is 2.10. The Bertz CT molecular complexity index is 158. The summed E-state index contributed by atoms with van der Waals surface area (Å²) in [7, 11) is 0. The number of aryl methyl sites for hydroxylation is 2. The molecule has 1 aromatic rings. The predicted octanol–water partition coefficient (Wildman–Crippen LogP) is 2.40. The summed E-state index contributed by atoms with van der Waals surface area (Å²) in [5.74, 6) is 0. The third-order valence-electron chi connectivity index (χ3n) is 1.59. The van der Waals surface area contributed by atoms with Crippen molar-refractivity contribution < 1.29 is 4.42 Å². The van der Waals surface area contributed by atoms with E-state index in [-0.39, 0.29) is 0 Å². The summed E-state index contributed by atoms with van der Waals surface area (Å²) < 4.78 is 5.03. The van der Waals surface area contributed by atoms with Gasteiger partial charge in [0.1, 0.15) is 0 Å². The number of rotatable bonds is 2. The Kier molecular flexibility index (Phi) is 1.93. The lowest BCUT2D eigenvalue weighted by molar-refractivity contribution is 0.562. The zero-order valence-electron chi connectivity index (χ0n) is 5.98. The monoisotopic (exact) mass is 124 g/mol. The average Bonchev–Trinajstić information content (AvgIpc) is 2.33. The van der Waals surface area contributed by atoms with Crippen LogP contribution in [0.3, 0.4) is 0 Å². The Balaban J connectivity index is 2.85. The summed E-state index contributed by atoms with van der Waals surface area (Å²) >= 11 is 0. The molecule has 0 aliphatic carbocycles. The number of hydrogen-bond donors (Lipinski definition) is 0. The zero-order chi connectivity index (χ0) is 6.69. The van der Waals surface area contributed by atoms with Gasteiger partial charge in [0.05, 0.1) is 12.5 Å². The molecule has 0 atom stereocenters. The first kappa shape index (κ1) is 6.40. The van der Waals surface area contributed by atoms with Gasteiger partial charge in [0.15, 0.2) is 0 Å². The normalized spacial score (nSPS) is 10.0. The molecule has 1 aromatic heterocycles. The van der Waals surface area contributed by atoms with E-state index < -0.39 is 0 Å². The summed E-state index contributed by atoms with van der Waals surface area (Å²) in [6.45, 7) is 4.29. The molecule has 1 heterocycles. The van der Waals surface area contributed by atoms with Crippen LogP contribution in [0.25, 0.3) is 0 Å². The van der Waals surface area contributed by atoms with E-state index in [2.05, 4.69) is 13.8 Å². The molecule has 0 aromatic carbocycles. The minimum absolute atomic E-state index is 1.08. The van der Waals surface area contributed by atoms with Gasteiger partial charge in [0.2, 0.25) is 0 Å². The largest absolute Gasteiger partial charge is 0.472 e. The second-order valence-electron chi connectivity index (χ2n) is 2.13. The lowest BCUT2D eigenvalue weighted by atomic mass is 10.1. The van der Waals surface area contributed by atoms with Crippen LogP contribution in [0, 0.1) is 0 Å². The molecule has 0 unspecified atom stereocenters. The molecule has 1 nitrogen and oxygen atoms in total. The molecule has 0 aliphatic rings. The molecule has 0 bridgehead atoms. The number of furan rings is 1. The van der Waals surface area contributed by atoms with Crippen LogP contribution in [0.4, 0.5) is 0 Å². The fraction of sp³-hybridized carbons (Fsp3) is 0.500. The minimum atomic E-state index is 1.08. The van der Waals surface area contributed by atoms with E-state index in [0.29, 0.717) is 0 Å². The molecule has 0 radical (unpaired) electrons. The van der Waals surface area contributed by atoms with Crippen LogP contribution in [0.5, 0.6) is 0 Å². The van der Waals surface area contributed by atoms with Gasteiger partial charge in [-0.2, -0.15) is 0 Å². The van der Waals surface area contributed by atoms with Gasteiger partial charge in [0, 0.05) is 0 Å². The molecule has 0 spiro atoms. The molecule has 1 heteroatoms. The van der Waals surface area contributed by atoms with Gasteiger partial charge < -0.3 is 4.42 Å². The van der Waals surface area contributed by atoms with Crippen LogP contribution in [0.15, 0.2) is 16.9 Å². The highest BCUT2D eigenvalue weighted by molar-refractivity contribution is 5.20. The summed E-state index contributed by atoms with van der Waals surface area (Å²) in [6.07, 6.45) is 5.83. The predicted molar refractivity (Wildman–Crippen MR) is 37.5 cm³/mol. The molecular formula is C8H12O. The SMILES string of the molecule is CCc1cocc1CC. The van der Waals surface area contributed by atoms with Crippen molar-refractivity contribution in [3.05, 3.63) is 23.7 Å². The molecule has 0 aliphatic heterocycles. The van der Waals surface area contributed by atoms with Crippen molar-refractivity contribution in [3.63, 3.8) is 0 Å². The lowest BCUT2D eigenvalue weighted by Gasteiger charge is -1.90. The molecule has 0 saturated carbocycles. The summed E-state index contributed by atoms with van der Waals surface area (Å²) in [5, 5.41) is 0. The Hall–Kier alpha value is -0.720.